The van der Waals surface area contributed by atoms with E-state index in [0.717, 1.165) is 11.1 Å². The zero-order valence-corrected chi connectivity index (χ0v) is 13.4. The molecule has 2 heterocycles. The lowest BCUT2D eigenvalue weighted by Crippen LogP contribution is -2.06. The molecule has 4 rings (SSSR count). The van der Waals surface area contributed by atoms with Crippen molar-refractivity contribution < 1.29 is 18.7 Å². The summed E-state index contributed by atoms with van der Waals surface area (Å²) < 4.78 is 11.4. The number of carboxylic acids is 1. The molecule has 0 spiro atoms. The minimum atomic E-state index is -1.04. The number of aliphatic carboxylic acids is 1. The van der Waals surface area contributed by atoms with E-state index in [1.807, 2.05) is 37.3 Å². The lowest BCUT2D eigenvalue weighted by Gasteiger charge is -2.01. The Morgan fingerprint density at radius 3 is 2.48 bits per heavy atom. The fraction of sp³-hybridized carbons (Fsp3) is 0.100. The summed E-state index contributed by atoms with van der Waals surface area (Å²) in [5, 5.41) is 10.1. The Hall–Kier alpha value is -3.34. The first-order chi connectivity index (χ1) is 12.0. The van der Waals surface area contributed by atoms with Gasteiger partial charge in [-0.1, -0.05) is 42.0 Å². The van der Waals surface area contributed by atoms with Gasteiger partial charge in [-0.3, -0.25) is 4.79 Å². The second-order valence-electron chi connectivity index (χ2n) is 5.94. The molecule has 0 saturated heterocycles. The molecule has 0 radical (unpaired) electrons. The number of fused-ring (bicyclic) bond motifs is 3. The van der Waals surface area contributed by atoms with Crippen molar-refractivity contribution in [3.8, 4) is 11.3 Å². The summed E-state index contributed by atoms with van der Waals surface area (Å²) in [6.45, 7) is 1.96. The van der Waals surface area contributed by atoms with E-state index in [9.17, 15) is 14.7 Å². The molecule has 25 heavy (non-hydrogen) atoms. The van der Waals surface area contributed by atoms with E-state index in [-0.39, 0.29) is 11.8 Å². The molecule has 0 aliphatic heterocycles. The van der Waals surface area contributed by atoms with Crippen molar-refractivity contribution in [2.45, 2.75) is 13.3 Å². The van der Waals surface area contributed by atoms with Crippen LogP contribution in [0.3, 0.4) is 0 Å². The second-order valence-corrected chi connectivity index (χ2v) is 5.94. The number of aryl methyl sites for hydroxylation is 1. The van der Waals surface area contributed by atoms with E-state index in [1.165, 1.54) is 0 Å². The molecule has 2 aromatic heterocycles. The molecular weight excluding hydrogens is 320 g/mol. The zero-order valence-electron chi connectivity index (χ0n) is 13.4. The first-order valence-corrected chi connectivity index (χ1v) is 7.80. The monoisotopic (exact) mass is 334 g/mol. The van der Waals surface area contributed by atoms with Gasteiger partial charge < -0.3 is 13.9 Å². The van der Waals surface area contributed by atoms with Gasteiger partial charge in [0.05, 0.1) is 11.8 Å². The van der Waals surface area contributed by atoms with E-state index >= 15 is 0 Å². The third-order valence-corrected chi connectivity index (χ3v) is 4.19. The maximum Gasteiger partial charge on any atom is 0.347 e. The van der Waals surface area contributed by atoms with Gasteiger partial charge >= 0.3 is 11.6 Å². The smallest absolute Gasteiger partial charge is 0.347 e. The maximum atomic E-state index is 12.5. The Labute approximate surface area is 142 Å². The van der Waals surface area contributed by atoms with Crippen molar-refractivity contribution in [2.24, 2.45) is 0 Å². The molecule has 4 aromatic rings. The van der Waals surface area contributed by atoms with Gasteiger partial charge in [-0.15, -0.1) is 0 Å². The van der Waals surface area contributed by atoms with E-state index in [0.29, 0.717) is 27.9 Å². The Kier molecular flexibility index (Phi) is 3.42. The Morgan fingerprint density at radius 2 is 1.76 bits per heavy atom. The van der Waals surface area contributed by atoms with Crippen LogP contribution in [0, 0.1) is 6.92 Å². The molecule has 0 aliphatic rings. The maximum absolute atomic E-state index is 12.5. The number of benzene rings is 2. The third-order valence-electron chi connectivity index (χ3n) is 4.19. The number of hydrogen-bond donors (Lipinski definition) is 1. The van der Waals surface area contributed by atoms with Crippen molar-refractivity contribution in [2.75, 3.05) is 0 Å². The van der Waals surface area contributed by atoms with Crippen LogP contribution in [-0.4, -0.2) is 11.1 Å². The molecule has 0 fully saturated rings. The van der Waals surface area contributed by atoms with Crippen molar-refractivity contribution in [3.05, 3.63) is 70.1 Å². The zero-order chi connectivity index (χ0) is 17.6. The van der Waals surface area contributed by atoms with Crippen LogP contribution in [0.25, 0.3) is 33.3 Å². The molecule has 1 N–H and O–H groups in total. The molecule has 5 nitrogen and oxygen atoms in total. The number of carboxylic acid groups (broad SMARTS) is 1. The predicted octanol–water partition coefficient (Wildman–Crippen LogP) is 4.14. The van der Waals surface area contributed by atoms with Gasteiger partial charge in [0.2, 0.25) is 0 Å². The summed E-state index contributed by atoms with van der Waals surface area (Å²) in [6.07, 6.45) is -0.320. The van der Waals surface area contributed by atoms with E-state index in [1.54, 1.807) is 18.2 Å². The number of hydrogen-bond acceptors (Lipinski definition) is 4. The average Bonchev–Trinajstić information content (AvgIpc) is 2.95. The summed E-state index contributed by atoms with van der Waals surface area (Å²) >= 11 is 0. The number of furan rings is 1. The third kappa shape index (κ3) is 2.50. The quantitative estimate of drug-likeness (QED) is 0.569. The van der Waals surface area contributed by atoms with Crippen LogP contribution in [0.2, 0.25) is 0 Å². The number of carbonyl (C=O) groups is 1. The van der Waals surface area contributed by atoms with Gasteiger partial charge in [0.1, 0.15) is 16.7 Å². The standard InChI is InChI=1S/C20H14O5/c1-11-6-8-12(9-7-11)18-14(10-16(21)22)17-19(25-18)13-4-2-3-5-15(13)24-20(17)23/h2-9H,10H2,1H3,(H,21,22). The highest BCUT2D eigenvalue weighted by atomic mass is 16.4. The van der Waals surface area contributed by atoms with Crippen molar-refractivity contribution in [1.29, 1.82) is 0 Å². The molecule has 0 amide bonds. The molecule has 0 bridgehead atoms. The molecule has 5 heteroatoms. The van der Waals surface area contributed by atoms with Crippen LogP contribution in [0.4, 0.5) is 0 Å². The average molecular weight is 334 g/mol. The topological polar surface area (TPSA) is 80.6 Å². The molecule has 0 aliphatic carbocycles. The van der Waals surface area contributed by atoms with Crippen LogP contribution in [-0.2, 0) is 11.2 Å². The van der Waals surface area contributed by atoms with Crippen molar-refractivity contribution in [1.82, 2.24) is 0 Å². The summed E-state index contributed by atoms with van der Waals surface area (Å²) in [5.41, 5.74) is 2.31. The van der Waals surface area contributed by atoms with E-state index in [4.69, 9.17) is 8.83 Å². The van der Waals surface area contributed by atoms with E-state index in [2.05, 4.69) is 0 Å². The van der Waals surface area contributed by atoms with Crippen molar-refractivity contribution >= 4 is 27.9 Å². The highest BCUT2D eigenvalue weighted by molar-refractivity contribution is 6.04. The van der Waals surface area contributed by atoms with Crippen LogP contribution >= 0.6 is 0 Å². The van der Waals surface area contributed by atoms with Gasteiger partial charge in [0, 0.05) is 11.1 Å². The number of para-hydroxylation sites is 1. The largest absolute Gasteiger partial charge is 0.481 e. The van der Waals surface area contributed by atoms with E-state index < -0.39 is 11.6 Å². The van der Waals surface area contributed by atoms with Crippen LogP contribution < -0.4 is 5.63 Å². The summed E-state index contributed by atoms with van der Waals surface area (Å²) in [5.74, 6) is -0.648. The van der Waals surface area contributed by atoms with Gasteiger partial charge in [-0.2, -0.15) is 0 Å². The molecular formula is C20H14O5. The van der Waals surface area contributed by atoms with Gasteiger partial charge in [-0.25, -0.2) is 4.79 Å². The fourth-order valence-electron chi connectivity index (χ4n) is 3.02. The molecule has 0 unspecified atom stereocenters. The minimum absolute atomic E-state index is 0.191. The lowest BCUT2D eigenvalue weighted by atomic mass is 10.0. The Morgan fingerprint density at radius 1 is 1.04 bits per heavy atom. The Bertz CT molecular complexity index is 1160. The summed E-state index contributed by atoms with van der Waals surface area (Å²) in [6, 6.07) is 14.6. The minimum Gasteiger partial charge on any atom is -0.481 e. The summed E-state index contributed by atoms with van der Waals surface area (Å²) in [7, 11) is 0. The molecule has 2 aromatic carbocycles. The Balaban J connectivity index is 2.13. The SMILES string of the molecule is Cc1ccc(-c2oc3c(c2CC(=O)O)c(=O)oc2ccccc23)cc1. The molecule has 0 atom stereocenters. The predicted molar refractivity (Wildman–Crippen MR) is 93.8 cm³/mol. The first kappa shape index (κ1) is 15.2. The first-order valence-electron chi connectivity index (χ1n) is 7.80. The highest BCUT2D eigenvalue weighted by Gasteiger charge is 2.23. The van der Waals surface area contributed by atoms with Gasteiger partial charge in [0.25, 0.3) is 0 Å². The molecule has 0 saturated carbocycles. The second kappa shape index (κ2) is 5.63. The van der Waals surface area contributed by atoms with Crippen LogP contribution in [0.15, 0.2) is 62.2 Å². The number of rotatable bonds is 3. The van der Waals surface area contributed by atoms with Crippen molar-refractivity contribution in [3.63, 3.8) is 0 Å². The van der Waals surface area contributed by atoms with Crippen LogP contribution in [0.1, 0.15) is 11.1 Å². The molecule has 124 valence electrons. The van der Waals surface area contributed by atoms with Gasteiger partial charge in [-0.05, 0) is 19.1 Å². The summed E-state index contributed by atoms with van der Waals surface area (Å²) in [4.78, 5) is 23.8. The highest BCUT2D eigenvalue weighted by Crippen LogP contribution is 2.36. The fourth-order valence-corrected chi connectivity index (χ4v) is 3.02. The van der Waals surface area contributed by atoms with Gasteiger partial charge in [0.15, 0.2) is 5.58 Å². The van der Waals surface area contributed by atoms with Crippen LogP contribution in [0.5, 0.6) is 0 Å². The lowest BCUT2D eigenvalue weighted by molar-refractivity contribution is -0.136. The normalized spacial score (nSPS) is 11.2.